The standard InChI is InChI=1S/C23H17ClN6O/c24-18-8-17(10-25-11-18)16-6-7-20-21(9-16)28-29-22(20)23(31)27-19-12-26-30(14-19)13-15-4-2-1-3-5-15/h1-12,14H,13H2,(H,27,31)(H,28,29). The number of halogens is 1. The maximum absolute atomic E-state index is 12.8. The summed E-state index contributed by atoms with van der Waals surface area (Å²) in [6.07, 6.45) is 6.75. The van der Waals surface area contributed by atoms with Crippen LogP contribution in [-0.2, 0) is 6.54 Å². The minimum atomic E-state index is -0.303. The third kappa shape index (κ3) is 4.04. The molecule has 0 aliphatic carbocycles. The summed E-state index contributed by atoms with van der Waals surface area (Å²) >= 11 is 6.04. The van der Waals surface area contributed by atoms with Crippen LogP contribution in [0.2, 0.25) is 5.02 Å². The Balaban J connectivity index is 1.34. The van der Waals surface area contributed by atoms with Gasteiger partial charge in [-0.3, -0.25) is 19.6 Å². The highest BCUT2D eigenvalue weighted by Crippen LogP contribution is 2.26. The van der Waals surface area contributed by atoms with E-state index in [0.717, 1.165) is 27.6 Å². The van der Waals surface area contributed by atoms with Crippen molar-refractivity contribution in [2.75, 3.05) is 5.32 Å². The number of benzene rings is 2. The van der Waals surface area contributed by atoms with Gasteiger partial charge in [0, 0.05) is 29.5 Å². The Hall–Kier alpha value is -3.97. The summed E-state index contributed by atoms with van der Waals surface area (Å²) in [5, 5.41) is 15.6. The lowest BCUT2D eigenvalue weighted by atomic mass is 10.1. The van der Waals surface area contributed by atoms with Crippen molar-refractivity contribution in [3.63, 3.8) is 0 Å². The first-order valence-corrected chi connectivity index (χ1v) is 10.0. The molecule has 0 atom stereocenters. The van der Waals surface area contributed by atoms with Crippen LogP contribution >= 0.6 is 11.6 Å². The lowest BCUT2D eigenvalue weighted by Crippen LogP contribution is -2.12. The maximum atomic E-state index is 12.8. The van der Waals surface area contributed by atoms with Crippen molar-refractivity contribution >= 4 is 34.1 Å². The van der Waals surface area contributed by atoms with Crippen molar-refractivity contribution in [3.8, 4) is 11.1 Å². The molecule has 0 spiro atoms. The largest absolute Gasteiger partial charge is 0.318 e. The van der Waals surface area contributed by atoms with Gasteiger partial charge < -0.3 is 5.32 Å². The molecule has 0 aliphatic rings. The number of rotatable bonds is 5. The molecule has 3 aromatic heterocycles. The Morgan fingerprint density at radius 2 is 1.90 bits per heavy atom. The second kappa shape index (κ2) is 8.04. The third-order valence-electron chi connectivity index (χ3n) is 4.89. The van der Waals surface area contributed by atoms with Crippen molar-refractivity contribution in [2.45, 2.75) is 6.54 Å². The van der Waals surface area contributed by atoms with E-state index in [1.807, 2.05) is 54.6 Å². The monoisotopic (exact) mass is 428 g/mol. The van der Waals surface area contributed by atoms with Crippen LogP contribution in [-0.4, -0.2) is 30.9 Å². The number of anilines is 1. The Bertz CT molecular complexity index is 1380. The highest BCUT2D eigenvalue weighted by atomic mass is 35.5. The molecule has 0 saturated heterocycles. The first kappa shape index (κ1) is 19.0. The average Bonchev–Trinajstić information content (AvgIpc) is 3.40. The molecule has 5 rings (SSSR count). The number of aromatic amines is 1. The molecular formula is C23H17ClN6O. The lowest BCUT2D eigenvalue weighted by molar-refractivity contribution is 0.102. The molecule has 0 fully saturated rings. The Kier molecular flexibility index (Phi) is 4.93. The number of fused-ring (bicyclic) bond motifs is 1. The highest BCUT2D eigenvalue weighted by Gasteiger charge is 2.16. The Morgan fingerprint density at radius 3 is 2.74 bits per heavy atom. The van der Waals surface area contributed by atoms with Crippen LogP contribution in [0.4, 0.5) is 5.69 Å². The average molecular weight is 429 g/mol. The van der Waals surface area contributed by atoms with E-state index in [-0.39, 0.29) is 5.91 Å². The molecule has 1 amide bonds. The maximum Gasteiger partial charge on any atom is 0.276 e. The fourth-order valence-electron chi connectivity index (χ4n) is 3.42. The minimum Gasteiger partial charge on any atom is -0.318 e. The summed E-state index contributed by atoms with van der Waals surface area (Å²) in [5.41, 5.74) is 4.64. The summed E-state index contributed by atoms with van der Waals surface area (Å²) in [4.78, 5) is 16.9. The van der Waals surface area contributed by atoms with E-state index >= 15 is 0 Å². The smallest absolute Gasteiger partial charge is 0.276 e. The number of carbonyl (C=O) groups excluding carboxylic acids is 1. The summed E-state index contributed by atoms with van der Waals surface area (Å²) in [6.45, 7) is 0.628. The van der Waals surface area contributed by atoms with E-state index in [2.05, 4.69) is 25.6 Å². The number of aromatic nitrogens is 5. The molecule has 0 bridgehead atoms. The summed E-state index contributed by atoms with van der Waals surface area (Å²) < 4.78 is 1.78. The van der Waals surface area contributed by atoms with Gasteiger partial charge in [-0.25, -0.2) is 0 Å². The van der Waals surface area contributed by atoms with Crippen molar-refractivity contribution in [2.24, 2.45) is 0 Å². The van der Waals surface area contributed by atoms with Gasteiger partial charge in [0.1, 0.15) is 0 Å². The molecule has 8 heteroatoms. The first-order valence-electron chi connectivity index (χ1n) is 9.62. The molecular weight excluding hydrogens is 412 g/mol. The van der Waals surface area contributed by atoms with E-state index in [4.69, 9.17) is 11.6 Å². The topological polar surface area (TPSA) is 88.5 Å². The number of hydrogen-bond acceptors (Lipinski definition) is 4. The zero-order chi connectivity index (χ0) is 21.2. The molecule has 5 aromatic rings. The van der Waals surface area contributed by atoms with Gasteiger partial charge >= 0.3 is 0 Å². The normalized spacial score (nSPS) is 11.0. The van der Waals surface area contributed by atoms with E-state index in [9.17, 15) is 4.79 Å². The highest BCUT2D eigenvalue weighted by molar-refractivity contribution is 6.30. The number of nitrogens with zero attached hydrogens (tertiary/aromatic N) is 4. The SMILES string of the molecule is O=C(Nc1cnn(Cc2ccccc2)c1)c1n[nH]c2cc(-c3cncc(Cl)c3)ccc12. The molecule has 31 heavy (non-hydrogen) atoms. The lowest BCUT2D eigenvalue weighted by Gasteiger charge is -2.03. The van der Waals surface area contributed by atoms with Crippen molar-refractivity contribution in [1.29, 1.82) is 0 Å². The number of amides is 1. The molecule has 3 heterocycles. The van der Waals surface area contributed by atoms with Gasteiger partial charge in [0.2, 0.25) is 0 Å². The summed E-state index contributed by atoms with van der Waals surface area (Å²) in [5.74, 6) is -0.303. The quantitative estimate of drug-likeness (QED) is 0.422. The number of carbonyl (C=O) groups is 1. The molecule has 2 N–H and O–H groups in total. The molecule has 0 aliphatic heterocycles. The van der Waals surface area contributed by atoms with E-state index in [1.54, 1.807) is 29.5 Å². The van der Waals surface area contributed by atoms with Gasteiger partial charge in [-0.1, -0.05) is 48.0 Å². The molecule has 2 aromatic carbocycles. The Morgan fingerprint density at radius 1 is 1.03 bits per heavy atom. The number of nitrogens with one attached hydrogen (secondary N) is 2. The zero-order valence-corrected chi connectivity index (χ0v) is 17.0. The van der Waals surface area contributed by atoms with Gasteiger partial charge in [0.15, 0.2) is 5.69 Å². The zero-order valence-electron chi connectivity index (χ0n) is 16.3. The fourth-order valence-corrected chi connectivity index (χ4v) is 3.59. The van der Waals surface area contributed by atoms with Crippen LogP contribution in [0.3, 0.4) is 0 Å². The molecule has 0 saturated carbocycles. The van der Waals surface area contributed by atoms with Gasteiger partial charge in [0.25, 0.3) is 5.91 Å². The van der Waals surface area contributed by atoms with Crippen LogP contribution in [0.15, 0.2) is 79.4 Å². The van der Waals surface area contributed by atoms with Crippen LogP contribution in [0.5, 0.6) is 0 Å². The third-order valence-corrected chi connectivity index (χ3v) is 5.10. The van der Waals surface area contributed by atoms with E-state index in [1.165, 1.54) is 0 Å². The van der Waals surface area contributed by atoms with Gasteiger partial charge in [-0.05, 0) is 29.3 Å². The number of H-pyrrole nitrogens is 1. The van der Waals surface area contributed by atoms with Crippen LogP contribution in [0.1, 0.15) is 16.1 Å². The number of pyridine rings is 1. The van der Waals surface area contributed by atoms with Gasteiger partial charge in [-0.15, -0.1) is 0 Å². The van der Waals surface area contributed by atoms with Crippen molar-refractivity contribution in [1.82, 2.24) is 25.0 Å². The number of hydrogen-bond donors (Lipinski definition) is 2. The second-order valence-corrected chi connectivity index (χ2v) is 7.53. The van der Waals surface area contributed by atoms with E-state index in [0.29, 0.717) is 22.9 Å². The predicted octanol–water partition coefficient (Wildman–Crippen LogP) is 4.78. The fraction of sp³-hybridized carbons (Fsp3) is 0.0435. The van der Waals surface area contributed by atoms with Gasteiger partial charge in [-0.2, -0.15) is 10.2 Å². The van der Waals surface area contributed by atoms with Crippen LogP contribution in [0, 0.1) is 0 Å². The molecule has 0 radical (unpaired) electrons. The summed E-state index contributed by atoms with van der Waals surface area (Å²) in [7, 11) is 0. The molecule has 0 unspecified atom stereocenters. The minimum absolute atomic E-state index is 0.303. The first-order chi connectivity index (χ1) is 15.2. The van der Waals surface area contributed by atoms with E-state index < -0.39 is 0 Å². The summed E-state index contributed by atoms with van der Waals surface area (Å²) in [6, 6.07) is 17.5. The molecule has 152 valence electrons. The van der Waals surface area contributed by atoms with Gasteiger partial charge in [0.05, 0.1) is 29.0 Å². The van der Waals surface area contributed by atoms with Crippen molar-refractivity contribution < 1.29 is 4.79 Å². The van der Waals surface area contributed by atoms with Crippen LogP contribution in [0.25, 0.3) is 22.0 Å². The van der Waals surface area contributed by atoms with Crippen LogP contribution < -0.4 is 5.32 Å². The predicted molar refractivity (Wildman–Crippen MR) is 120 cm³/mol. The Labute approximate surface area is 182 Å². The second-order valence-electron chi connectivity index (χ2n) is 7.09. The van der Waals surface area contributed by atoms with Crippen molar-refractivity contribution in [3.05, 3.63) is 95.7 Å². The molecule has 7 nitrogen and oxygen atoms in total.